The summed E-state index contributed by atoms with van der Waals surface area (Å²) in [5, 5.41) is 13.2. The number of benzene rings is 2. The summed E-state index contributed by atoms with van der Waals surface area (Å²) in [4.78, 5) is 24.1. The monoisotopic (exact) mass is 454 g/mol. The van der Waals surface area contributed by atoms with Crippen LogP contribution in [0.4, 0.5) is 19.6 Å². The summed E-state index contributed by atoms with van der Waals surface area (Å²) in [7, 11) is 0. The summed E-state index contributed by atoms with van der Waals surface area (Å²) in [5.41, 5.74) is 0.772. The van der Waals surface area contributed by atoms with Crippen molar-refractivity contribution in [3.05, 3.63) is 64.2 Å². The summed E-state index contributed by atoms with van der Waals surface area (Å²) >= 11 is 8.11. The molecule has 150 valence electrons. The van der Waals surface area contributed by atoms with Crippen LogP contribution < -0.4 is 10.6 Å². The zero-order valence-electron chi connectivity index (χ0n) is 14.8. The lowest BCUT2D eigenvalue weighted by Crippen LogP contribution is -2.15. The van der Waals surface area contributed by atoms with Gasteiger partial charge in [-0.15, -0.1) is 10.2 Å². The van der Waals surface area contributed by atoms with Crippen LogP contribution in [-0.2, 0) is 4.79 Å². The van der Waals surface area contributed by atoms with Gasteiger partial charge in [-0.25, -0.2) is 8.78 Å². The van der Waals surface area contributed by atoms with E-state index in [4.69, 9.17) is 11.6 Å². The minimum Gasteiger partial charge on any atom is -0.325 e. The van der Waals surface area contributed by atoms with E-state index in [2.05, 4.69) is 20.8 Å². The zero-order valence-corrected chi connectivity index (χ0v) is 17.2. The molecule has 6 nitrogen and oxygen atoms in total. The summed E-state index contributed by atoms with van der Waals surface area (Å²) in [6.07, 6.45) is 0. The molecule has 1 heterocycles. The maximum Gasteiger partial charge on any atom is 0.263 e. The van der Waals surface area contributed by atoms with Gasteiger partial charge in [0.2, 0.25) is 11.0 Å². The van der Waals surface area contributed by atoms with Gasteiger partial charge in [-0.05, 0) is 36.8 Å². The van der Waals surface area contributed by atoms with Crippen molar-refractivity contribution in [2.24, 2.45) is 0 Å². The molecular weight excluding hydrogens is 442 g/mol. The predicted molar refractivity (Wildman–Crippen MR) is 110 cm³/mol. The van der Waals surface area contributed by atoms with Crippen molar-refractivity contribution in [2.45, 2.75) is 11.3 Å². The van der Waals surface area contributed by atoms with Crippen molar-refractivity contribution in [3.63, 3.8) is 0 Å². The number of carbonyl (C=O) groups is 2. The molecular formula is C18H13ClF2N4O2S2. The molecule has 2 amide bonds. The van der Waals surface area contributed by atoms with Crippen molar-refractivity contribution in [2.75, 3.05) is 16.4 Å². The smallest absolute Gasteiger partial charge is 0.263 e. The summed E-state index contributed by atoms with van der Waals surface area (Å²) in [6.45, 7) is 1.86. The molecule has 0 saturated carbocycles. The molecule has 3 rings (SSSR count). The van der Waals surface area contributed by atoms with Crippen molar-refractivity contribution >= 4 is 57.3 Å². The maximum absolute atomic E-state index is 13.7. The van der Waals surface area contributed by atoms with Crippen LogP contribution in [-0.4, -0.2) is 27.8 Å². The number of aryl methyl sites for hydroxylation is 1. The predicted octanol–water partition coefficient (Wildman–Crippen LogP) is 4.76. The Morgan fingerprint density at radius 2 is 1.86 bits per heavy atom. The lowest BCUT2D eigenvalue weighted by molar-refractivity contribution is -0.113. The van der Waals surface area contributed by atoms with E-state index in [0.717, 1.165) is 46.9 Å². The molecule has 2 aromatic carbocycles. The van der Waals surface area contributed by atoms with Crippen LogP contribution in [0.1, 0.15) is 15.9 Å². The number of anilines is 2. The lowest BCUT2D eigenvalue weighted by atomic mass is 10.2. The van der Waals surface area contributed by atoms with Crippen LogP contribution in [0.3, 0.4) is 0 Å². The van der Waals surface area contributed by atoms with E-state index in [-0.39, 0.29) is 16.8 Å². The Labute approximate surface area is 177 Å². The van der Waals surface area contributed by atoms with Gasteiger partial charge in [0.05, 0.1) is 5.75 Å². The number of rotatable bonds is 6. The molecule has 29 heavy (non-hydrogen) atoms. The summed E-state index contributed by atoms with van der Waals surface area (Å²) in [5.74, 6) is -3.15. The van der Waals surface area contributed by atoms with Crippen LogP contribution in [0.5, 0.6) is 0 Å². The van der Waals surface area contributed by atoms with Crippen molar-refractivity contribution in [3.8, 4) is 0 Å². The Kier molecular flexibility index (Phi) is 6.78. The van der Waals surface area contributed by atoms with E-state index in [1.807, 2.05) is 6.92 Å². The van der Waals surface area contributed by atoms with Gasteiger partial charge in [-0.1, -0.05) is 46.8 Å². The molecule has 0 radical (unpaired) electrons. The lowest BCUT2D eigenvalue weighted by Gasteiger charge is -2.06. The number of thioether (sulfide) groups is 1. The van der Waals surface area contributed by atoms with Gasteiger partial charge in [0.15, 0.2) is 4.34 Å². The van der Waals surface area contributed by atoms with Crippen molar-refractivity contribution in [1.82, 2.24) is 10.2 Å². The topological polar surface area (TPSA) is 84.0 Å². The number of hydrogen-bond donors (Lipinski definition) is 2. The number of nitrogens with zero attached hydrogens (tertiary/aromatic N) is 2. The van der Waals surface area contributed by atoms with Crippen molar-refractivity contribution in [1.29, 1.82) is 0 Å². The van der Waals surface area contributed by atoms with Crippen molar-refractivity contribution < 1.29 is 18.4 Å². The second-order valence-electron chi connectivity index (χ2n) is 5.72. The van der Waals surface area contributed by atoms with Crippen LogP contribution in [0, 0.1) is 18.6 Å². The highest BCUT2D eigenvalue weighted by Gasteiger charge is 2.19. The molecule has 0 atom stereocenters. The van der Waals surface area contributed by atoms with E-state index < -0.39 is 23.1 Å². The first-order chi connectivity index (χ1) is 13.8. The van der Waals surface area contributed by atoms with Gasteiger partial charge in [0, 0.05) is 10.7 Å². The average Bonchev–Trinajstić information content (AvgIpc) is 3.10. The number of aromatic nitrogens is 2. The molecule has 0 unspecified atom stereocenters. The molecule has 0 spiro atoms. The molecule has 0 aliphatic carbocycles. The third-order valence-electron chi connectivity index (χ3n) is 3.60. The average molecular weight is 455 g/mol. The van der Waals surface area contributed by atoms with E-state index >= 15 is 0 Å². The molecule has 2 N–H and O–H groups in total. The molecule has 0 aliphatic heterocycles. The van der Waals surface area contributed by atoms with Gasteiger partial charge in [-0.2, -0.15) is 0 Å². The molecule has 3 aromatic rings. The number of hydrogen-bond acceptors (Lipinski definition) is 6. The molecule has 0 saturated heterocycles. The van der Waals surface area contributed by atoms with Gasteiger partial charge >= 0.3 is 0 Å². The Bertz CT molecular complexity index is 1060. The van der Waals surface area contributed by atoms with Gasteiger partial charge in [0.25, 0.3) is 5.91 Å². The highest BCUT2D eigenvalue weighted by atomic mass is 35.5. The third kappa shape index (κ3) is 5.49. The Hall–Kier alpha value is -2.56. The summed E-state index contributed by atoms with van der Waals surface area (Å²) < 4.78 is 27.7. The Morgan fingerprint density at radius 3 is 2.55 bits per heavy atom. The zero-order chi connectivity index (χ0) is 21.0. The van der Waals surface area contributed by atoms with E-state index in [1.54, 1.807) is 18.2 Å². The Balaban J connectivity index is 1.55. The van der Waals surface area contributed by atoms with Crippen LogP contribution >= 0.6 is 34.7 Å². The molecule has 0 fully saturated rings. The first kappa shape index (κ1) is 21.2. The quantitative estimate of drug-likeness (QED) is 0.414. The minimum absolute atomic E-state index is 0.0516. The fourth-order valence-electron chi connectivity index (χ4n) is 2.19. The van der Waals surface area contributed by atoms with E-state index in [1.165, 1.54) is 0 Å². The van der Waals surface area contributed by atoms with E-state index in [0.29, 0.717) is 15.0 Å². The largest absolute Gasteiger partial charge is 0.325 e. The standard InChI is InChI=1S/C18H13ClF2N4O2S2/c1-9-5-6-10(7-11(9)19)22-14(26)8-28-18-25-24-17(29-18)23-16(27)15-12(20)3-2-4-13(15)21/h2-7H,8H2,1H3,(H,22,26)(H,23,24,27). The van der Waals surface area contributed by atoms with Crippen LogP contribution in [0.25, 0.3) is 0 Å². The Morgan fingerprint density at radius 1 is 1.14 bits per heavy atom. The second-order valence-corrected chi connectivity index (χ2v) is 8.33. The fourth-order valence-corrected chi connectivity index (χ4v) is 3.92. The molecule has 0 bridgehead atoms. The minimum atomic E-state index is -0.977. The number of carbonyl (C=O) groups excluding carboxylic acids is 2. The number of nitrogens with one attached hydrogen (secondary N) is 2. The molecule has 11 heteroatoms. The number of halogens is 3. The third-order valence-corrected chi connectivity index (χ3v) is 5.98. The van der Waals surface area contributed by atoms with Crippen LogP contribution in [0.15, 0.2) is 40.7 Å². The normalized spacial score (nSPS) is 10.6. The van der Waals surface area contributed by atoms with Gasteiger partial charge in [-0.3, -0.25) is 14.9 Å². The number of amides is 2. The first-order valence-corrected chi connectivity index (χ1v) is 10.3. The SMILES string of the molecule is Cc1ccc(NC(=O)CSc2nnc(NC(=O)c3c(F)cccc3F)s2)cc1Cl. The summed E-state index contributed by atoms with van der Waals surface area (Å²) in [6, 6.07) is 8.32. The van der Waals surface area contributed by atoms with Crippen LogP contribution in [0.2, 0.25) is 5.02 Å². The molecule has 0 aliphatic rings. The first-order valence-electron chi connectivity index (χ1n) is 8.11. The fraction of sp³-hybridized carbons (Fsp3) is 0.111. The van der Waals surface area contributed by atoms with Gasteiger partial charge in [0.1, 0.15) is 17.2 Å². The highest BCUT2D eigenvalue weighted by Crippen LogP contribution is 2.27. The second kappa shape index (κ2) is 9.29. The highest BCUT2D eigenvalue weighted by molar-refractivity contribution is 8.01. The molecule has 1 aromatic heterocycles. The van der Waals surface area contributed by atoms with Gasteiger partial charge < -0.3 is 5.32 Å². The maximum atomic E-state index is 13.7. The van der Waals surface area contributed by atoms with E-state index in [9.17, 15) is 18.4 Å².